The molecule has 27 heavy (non-hydrogen) atoms. The Balaban J connectivity index is 1.64. The highest BCUT2D eigenvalue weighted by Gasteiger charge is 2.18. The maximum atomic E-state index is 13.3. The molecular formula is C22H18FNO2S. The summed E-state index contributed by atoms with van der Waals surface area (Å²) in [6.07, 6.45) is 1.60. The van der Waals surface area contributed by atoms with Crippen LogP contribution in [0.4, 0.5) is 4.39 Å². The van der Waals surface area contributed by atoms with Crippen molar-refractivity contribution in [2.75, 3.05) is 0 Å². The molecule has 0 spiro atoms. The van der Waals surface area contributed by atoms with E-state index in [2.05, 4.69) is 0 Å². The first-order chi connectivity index (χ1) is 13.2. The third-order valence-electron chi connectivity index (χ3n) is 4.34. The maximum absolute atomic E-state index is 13.3. The lowest BCUT2D eigenvalue weighted by Gasteiger charge is -2.20. The number of halogens is 1. The lowest BCUT2D eigenvalue weighted by molar-refractivity contribution is 0.378. The van der Waals surface area contributed by atoms with Crippen molar-refractivity contribution in [3.05, 3.63) is 102 Å². The van der Waals surface area contributed by atoms with Crippen molar-refractivity contribution in [3.8, 4) is 0 Å². The van der Waals surface area contributed by atoms with Crippen LogP contribution in [0.5, 0.6) is 0 Å². The van der Waals surface area contributed by atoms with Gasteiger partial charge in [0.1, 0.15) is 22.6 Å². The summed E-state index contributed by atoms with van der Waals surface area (Å²) in [5.41, 5.74) is 0.886. The Kier molecular flexibility index (Phi) is 5.14. The summed E-state index contributed by atoms with van der Waals surface area (Å²) >= 11 is 0. The fraction of sp³-hybridized carbons (Fsp3) is 0.0909. The van der Waals surface area contributed by atoms with E-state index in [0.29, 0.717) is 13.1 Å². The Morgan fingerprint density at radius 1 is 0.852 bits per heavy atom. The third-order valence-corrected chi connectivity index (χ3v) is 5.73. The monoisotopic (exact) mass is 379 g/mol. The van der Waals surface area contributed by atoms with E-state index >= 15 is 0 Å². The highest BCUT2D eigenvalue weighted by molar-refractivity contribution is 7.82. The topological polar surface area (TPSA) is 33.5 Å². The lowest BCUT2D eigenvalue weighted by Crippen LogP contribution is -2.25. The summed E-state index contributed by atoms with van der Waals surface area (Å²) < 4.78 is 33.8. The minimum atomic E-state index is -1.39. The summed E-state index contributed by atoms with van der Waals surface area (Å²) in [6.45, 7) is 0.810. The number of furan rings is 1. The van der Waals surface area contributed by atoms with Crippen LogP contribution in [0.25, 0.3) is 10.8 Å². The average molecular weight is 379 g/mol. The molecule has 0 saturated heterocycles. The van der Waals surface area contributed by atoms with Crippen molar-refractivity contribution in [1.29, 1.82) is 0 Å². The molecule has 1 unspecified atom stereocenters. The van der Waals surface area contributed by atoms with E-state index in [4.69, 9.17) is 4.42 Å². The van der Waals surface area contributed by atoms with Gasteiger partial charge in [-0.25, -0.2) is 12.9 Å². The Hall–Kier alpha value is -2.76. The smallest absolute Gasteiger partial charge is 0.128 e. The summed E-state index contributed by atoms with van der Waals surface area (Å²) in [5, 5.41) is 2.15. The molecule has 0 aliphatic carbocycles. The van der Waals surface area contributed by atoms with Crippen LogP contribution in [0.3, 0.4) is 0 Å². The molecule has 0 N–H and O–H groups in total. The van der Waals surface area contributed by atoms with E-state index in [9.17, 15) is 8.60 Å². The average Bonchev–Trinajstić information content (AvgIpc) is 3.21. The standard InChI is InChI=1S/C22H18FNO2S/c23-20-10-7-17(8-11-20)15-24(16-21-6-3-13-26-21)27(25)22-12-9-18-4-1-2-5-19(18)14-22/h1-14H,15-16H2. The van der Waals surface area contributed by atoms with Crippen molar-refractivity contribution in [2.45, 2.75) is 18.0 Å². The Morgan fingerprint density at radius 3 is 2.37 bits per heavy atom. The van der Waals surface area contributed by atoms with Crippen molar-refractivity contribution in [2.24, 2.45) is 0 Å². The molecule has 0 saturated carbocycles. The molecule has 1 atom stereocenters. The third kappa shape index (κ3) is 4.15. The Labute approximate surface area is 159 Å². The molecule has 0 aliphatic heterocycles. The van der Waals surface area contributed by atoms with Crippen LogP contribution in [0.1, 0.15) is 11.3 Å². The molecule has 4 rings (SSSR count). The molecule has 0 radical (unpaired) electrons. The number of rotatable bonds is 6. The molecule has 3 aromatic carbocycles. The summed E-state index contributed by atoms with van der Waals surface area (Å²) in [7, 11) is -1.39. The highest BCUT2D eigenvalue weighted by atomic mass is 32.2. The van der Waals surface area contributed by atoms with Crippen molar-refractivity contribution >= 4 is 21.8 Å². The first kappa shape index (κ1) is 17.6. The van der Waals surface area contributed by atoms with Gasteiger partial charge < -0.3 is 4.42 Å². The second-order valence-corrected chi connectivity index (χ2v) is 7.75. The van der Waals surface area contributed by atoms with Gasteiger partial charge in [0.25, 0.3) is 0 Å². The number of fused-ring (bicyclic) bond motifs is 1. The fourth-order valence-corrected chi connectivity index (χ4v) is 4.19. The predicted octanol–water partition coefficient (Wildman–Crippen LogP) is 5.30. The molecule has 136 valence electrons. The van der Waals surface area contributed by atoms with E-state index in [1.54, 1.807) is 18.4 Å². The van der Waals surface area contributed by atoms with Gasteiger partial charge in [0.2, 0.25) is 0 Å². The summed E-state index contributed by atoms with van der Waals surface area (Å²) in [4.78, 5) is 0.724. The zero-order chi connectivity index (χ0) is 18.6. The number of hydrogen-bond acceptors (Lipinski definition) is 2. The molecule has 0 amide bonds. The van der Waals surface area contributed by atoms with E-state index in [1.165, 1.54) is 12.1 Å². The second-order valence-electron chi connectivity index (χ2n) is 6.26. The minimum absolute atomic E-state index is 0.285. The lowest BCUT2D eigenvalue weighted by atomic mass is 10.1. The molecule has 0 bridgehead atoms. The van der Waals surface area contributed by atoms with E-state index in [-0.39, 0.29) is 5.82 Å². The normalized spacial score (nSPS) is 12.5. The highest BCUT2D eigenvalue weighted by Crippen LogP contribution is 2.22. The predicted molar refractivity (Wildman–Crippen MR) is 105 cm³/mol. The Bertz CT molecular complexity index is 1060. The minimum Gasteiger partial charge on any atom is -0.468 e. The van der Waals surface area contributed by atoms with Gasteiger partial charge >= 0.3 is 0 Å². The largest absolute Gasteiger partial charge is 0.468 e. The van der Waals surface area contributed by atoms with E-state index < -0.39 is 11.0 Å². The van der Waals surface area contributed by atoms with Crippen LogP contribution >= 0.6 is 0 Å². The fourth-order valence-electron chi connectivity index (χ4n) is 2.97. The van der Waals surface area contributed by atoms with Crippen molar-refractivity contribution < 1.29 is 13.0 Å². The number of hydrogen-bond donors (Lipinski definition) is 0. The molecule has 4 aromatic rings. The van der Waals surface area contributed by atoms with Crippen LogP contribution in [0, 0.1) is 5.82 Å². The quantitative estimate of drug-likeness (QED) is 0.456. The van der Waals surface area contributed by atoms with Crippen LogP contribution in [-0.4, -0.2) is 8.51 Å². The van der Waals surface area contributed by atoms with Crippen LogP contribution in [0.15, 0.2) is 94.4 Å². The molecular weight excluding hydrogens is 361 g/mol. The zero-order valence-corrected chi connectivity index (χ0v) is 15.4. The zero-order valence-electron chi connectivity index (χ0n) is 14.5. The van der Waals surface area contributed by atoms with E-state index in [1.807, 2.05) is 58.9 Å². The van der Waals surface area contributed by atoms with Gasteiger partial charge in [-0.2, -0.15) is 0 Å². The molecule has 5 heteroatoms. The first-order valence-electron chi connectivity index (χ1n) is 8.61. The van der Waals surface area contributed by atoms with Gasteiger partial charge in [-0.3, -0.25) is 0 Å². The molecule has 0 fully saturated rings. The summed E-state index contributed by atoms with van der Waals surface area (Å²) in [6, 6.07) is 23.7. The molecule has 3 nitrogen and oxygen atoms in total. The second kappa shape index (κ2) is 7.86. The van der Waals surface area contributed by atoms with Gasteiger partial charge in [-0.15, -0.1) is 0 Å². The van der Waals surface area contributed by atoms with Crippen molar-refractivity contribution in [3.63, 3.8) is 0 Å². The first-order valence-corrected chi connectivity index (χ1v) is 9.72. The van der Waals surface area contributed by atoms with Crippen LogP contribution in [0.2, 0.25) is 0 Å². The van der Waals surface area contributed by atoms with Crippen molar-refractivity contribution in [1.82, 2.24) is 4.31 Å². The van der Waals surface area contributed by atoms with Gasteiger partial charge in [-0.05, 0) is 52.7 Å². The van der Waals surface area contributed by atoms with E-state index in [0.717, 1.165) is 27.0 Å². The van der Waals surface area contributed by atoms with Gasteiger partial charge in [0.05, 0.1) is 17.7 Å². The maximum Gasteiger partial charge on any atom is 0.128 e. The summed E-state index contributed by atoms with van der Waals surface area (Å²) in [5.74, 6) is 0.443. The molecule has 1 heterocycles. The van der Waals surface area contributed by atoms with Crippen LogP contribution in [-0.2, 0) is 24.1 Å². The molecule has 1 aromatic heterocycles. The SMILES string of the molecule is O=S(c1ccc2ccccc2c1)N(Cc1ccc(F)cc1)Cc1ccco1. The number of benzene rings is 3. The Morgan fingerprint density at radius 2 is 1.63 bits per heavy atom. The van der Waals surface area contributed by atoms with Gasteiger partial charge in [-0.1, -0.05) is 42.5 Å². The number of nitrogens with zero attached hydrogens (tertiary/aromatic N) is 1. The molecule has 0 aliphatic rings. The van der Waals surface area contributed by atoms with Gasteiger partial charge in [0, 0.05) is 6.54 Å². The van der Waals surface area contributed by atoms with Crippen LogP contribution < -0.4 is 0 Å². The van der Waals surface area contributed by atoms with Gasteiger partial charge in [0.15, 0.2) is 0 Å².